The van der Waals surface area contributed by atoms with Gasteiger partial charge in [0, 0.05) is 29.5 Å². The minimum Gasteiger partial charge on any atom is -0.455 e. The second-order valence-corrected chi connectivity index (χ2v) is 10.0. The Kier molecular flexibility index (Phi) is 4.90. The molecule has 1 aliphatic heterocycles. The third kappa shape index (κ3) is 3.13. The van der Waals surface area contributed by atoms with Crippen LogP contribution in [0, 0.1) is 22.0 Å². The van der Waals surface area contributed by atoms with Crippen LogP contribution in [0.1, 0.15) is 39.8 Å². The number of nitro benzene ring substituents is 1. The zero-order valence-corrected chi connectivity index (χ0v) is 20.4. The van der Waals surface area contributed by atoms with Crippen molar-refractivity contribution in [3.05, 3.63) is 122 Å². The summed E-state index contributed by atoms with van der Waals surface area (Å²) >= 11 is 6.22. The lowest BCUT2D eigenvalue weighted by atomic mass is 9.55. The van der Waals surface area contributed by atoms with Gasteiger partial charge in [-0.05, 0) is 40.5 Å². The van der Waals surface area contributed by atoms with Gasteiger partial charge in [-0.2, -0.15) is 10.1 Å². The highest BCUT2D eigenvalue weighted by molar-refractivity contribution is 6.33. The van der Waals surface area contributed by atoms with Crippen LogP contribution in [0.2, 0.25) is 5.02 Å². The van der Waals surface area contributed by atoms with Crippen LogP contribution in [0.5, 0.6) is 0 Å². The van der Waals surface area contributed by atoms with Gasteiger partial charge >= 0.3 is 0 Å². The minimum absolute atomic E-state index is 0.127. The lowest BCUT2D eigenvalue weighted by Crippen LogP contribution is -2.41. The van der Waals surface area contributed by atoms with Crippen molar-refractivity contribution in [1.82, 2.24) is 5.01 Å². The molecule has 8 nitrogen and oxygen atoms in total. The second kappa shape index (κ2) is 8.22. The smallest absolute Gasteiger partial charge is 0.270 e. The Labute approximate surface area is 221 Å². The van der Waals surface area contributed by atoms with Crippen LogP contribution >= 0.6 is 11.6 Å². The number of rotatable bonds is 4. The largest absolute Gasteiger partial charge is 0.455 e. The molecule has 1 fully saturated rings. The first kappa shape index (κ1) is 22.6. The van der Waals surface area contributed by atoms with Gasteiger partial charge < -0.3 is 4.42 Å². The normalized spacial score (nSPS) is 23.0. The zero-order valence-electron chi connectivity index (χ0n) is 19.7. The molecule has 1 saturated heterocycles. The number of amides is 2. The molecule has 0 unspecified atom stereocenters. The number of halogens is 1. The van der Waals surface area contributed by atoms with Crippen molar-refractivity contribution in [3.8, 4) is 11.3 Å². The Morgan fingerprint density at radius 1 is 0.842 bits per heavy atom. The van der Waals surface area contributed by atoms with Crippen molar-refractivity contribution >= 4 is 35.3 Å². The molecule has 3 aliphatic carbocycles. The standard InChI is InChI=1S/C29H18ClN3O5/c30-22-13-15(33(36)37)9-11-21(22)23-12-10-16(38-23)14-31-32-28(34)26-24-17-5-1-2-6-18(17)25(27(26)29(32)35)20-8-4-3-7-19(20)24/h1-14,24-27H/b31-14-/t24?,25?,26-,27+. The molecule has 0 spiro atoms. The molecule has 38 heavy (non-hydrogen) atoms. The molecule has 0 N–H and O–H groups in total. The number of carbonyl (C=O) groups is 2. The highest BCUT2D eigenvalue weighted by Crippen LogP contribution is 2.60. The first-order chi connectivity index (χ1) is 18.4. The summed E-state index contributed by atoms with van der Waals surface area (Å²) < 4.78 is 5.80. The number of hydrogen-bond donors (Lipinski definition) is 0. The van der Waals surface area contributed by atoms with E-state index in [-0.39, 0.29) is 34.4 Å². The number of nitrogens with zero attached hydrogens (tertiary/aromatic N) is 3. The molecule has 1 aromatic heterocycles. The van der Waals surface area contributed by atoms with Gasteiger partial charge in [-0.25, -0.2) is 0 Å². The lowest BCUT2D eigenvalue weighted by molar-refractivity contribution is -0.384. The monoisotopic (exact) mass is 523 g/mol. The fraction of sp³-hybridized carbons (Fsp3) is 0.138. The maximum Gasteiger partial charge on any atom is 0.270 e. The summed E-state index contributed by atoms with van der Waals surface area (Å²) in [5, 5.41) is 16.4. The fourth-order valence-corrected chi connectivity index (χ4v) is 6.54. The van der Waals surface area contributed by atoms with E-state index in [4.69, 9.17) is 16.0 Å². The molecule has 4 aliphatic rings. The maximum absolute atomic E-state index is 13.6. The summed E-state index contributed by atoms with van der Waals surface area (Å²) in [6.45, 7) is 0. The Balaban J connectivity index is 1.21. The van der Waals surface area contributed by atoms with Crippen LogP contribution in [0.4, 0.5) is 5.69 Å². The third-order valence-corrected chi connectivity index (χ3v) is 8.09. The summed E-state index contributed by atoms with van der Waals surface area (Å²) in [6, 6.07) is 23.5. The molecule has 2 amide bonds. The van der Waals surface area contributed by atoms with E-state index in [1.807, 2.05) is 24.3 Å². The van der Waals surface area contributed by atoms with Crippen molar-refractivity contribution in [2.75, 3.05) is 0 Å². The summed E-state index contributed by atoms with van der Waals surface area (Å²) in [4.78, 5) is 37.7. The summed E-state index contributed by atoms with van der Waals surface area (Å²) in [5.74, 6) is -1.38. The minimum atomic E-state index is -0.527. The van der Waals surface area contributed by atoms with Gasteiger partial charge in [-0.15, -0.1) is 0 Å². The number of hydrogen-bond acceptors (Lipinski definition) is 6. The van der Waals surface area contributed by atoms with Crippen molar-refractivity contribution < 1.29 is 18.9 Å². The lowest BCUT2D eigenvalue weighted by Gasteiger charge is -2.45. The number of benzene rings is 3. The number of carbonyl (C=O) groups excluding carboxylic acids is 2. The Morgan fingerprint density at radius 2 is 1.39 bits per heavy atom. The number of imide groups is 1. The van der Waals surface area contributed by atoms with E-state index in [2.05, 4.69) is 29.4 Å². The molecule has 4 aromatic rings. The predicted molar refractivity (Wildman–Crippen MR) is 139 cm³/mol. The third-order valence-electron chi connectivity index (χ3n) is 7.78. The van der Waals surface area contributed by atoms with Crippen LogP contribution in [0.15, 0.2) is 88.4 Å². The topological polar surface area (TPSA) is 106 Å². The van der Waals surface area contributed by atoms with Crippen LogP contribution in [-0.2, 0) is 9.59 Å². The van der Waals surface area contributed by atoms with Gasteiger partial charge in [0.05, 0.1) is 28.0 Å². The van der Waals surface area contributed by atoms with Crippen molar-refractivity contribution in [3.63, 3.8) is 0 Å². The van der Waals surface area contributed by atoms with Crippen molar-refractivity contribution in [2.45, 2.75) is 11.8 Å². The zero-order chi connectivity index (χ0) is 26.1. The Bertz CT molecular complexity index is 1590. The molecule has 9 heteroatoms. The summed E-state index contributed by atoms with van der Waals surface area (Å²) in [6.07, 6.45) is 1.33. The van der Waals surface area contributed by atoms with Gasteiger partial charge in [0.2, 0.25) is 0 Å². The number of non-ortho nitro benzene ring substituents is 1. The van der Waals surface area contributed by atoms with Crippen LogP contribution in [0.25, 0.3) is 11.3 Å². The fourth-order valence-electron chi connectivity index (χ4n) is 6.27. The average Bonchev–Trinajstić information content (AvgIpc) is 3.50. The summed E-state index contributed by atoms with van der Waals surface area (Å²) in [7, 11) is 0. The number of furan rings is 1. The van der Waals surface area contributed by atoms with E-state index < -0.39 is 16.8 Å². The molecular weight excluding hydrogens is 506 g/mol. The Hall–Kier alpha value is -4.56. The predicted octanol–water partition coefficient (Wildman–Crippen LogP) is 5.73. The van der Waals surface area contributed by atoms with Gasteiger partial charge in [0.1, 0.15) is 11.5 Å². The van der Waals surface area contributed by atoms with E-state index in [0.717, 1.165) is 27.3 Å². The van der Waals surface area contributed by atoms with Crippen molar-refractivity contribution in [1.29, 1.82) is 0 Å². The molecule has 0 saturated carbocycles. The second-order valence-electron chi connectivity index (χ2n) is 9.62. The molecular formula is C29H18ClN3O5. The van der Waals surface area contributed by atoms with Gasteiger partial charge in [-0.1, -0.05) is 60.1 Å². The van der Waals surface area contributed by atoms with Crippen LogP contribution < -0.4 is 0 Å². The number of nitro groups is 1. The summed E-state index contributed by atoms with van der Waals surface area (Å²) in [5.41, 5.74) is 4.74. The van der Waals surface area contributed by atoms with E-state index in [0.29, 0.717) is 17.1 Å². The van der Waals surface area contributed by atoms with Crippen LogP contribution in [-0.4, -0.2) is 28.0 Å². The van der Waals surface area contributed by atoms with Gasteiger partial charge in [0.25, 0.3) is 17.5 Å². The average molecular weight is 524 g/mol. The SMILES string of the molecule is O=C1[C@@H]2C3c4ccccc4C(c4ccccc43)[C@@H]2C(=O)N1/N=C\c1ccc(-c2ccc([N+](=O)[O-])cc2Cl)o1. The molecule has 186 valence electrons. The quantitative estimate of drug-likeness (QED) is 0.147. The molecule has 3 aromatic carbocycles. The van der Waals surface area contributed by atoms with E-state index in [1.165, 1.54) is 24.4 Å². The molecule has 8 rings (SSSR count). The van der Waals surface area contributed by atoms with E-state index >= 15 is 0 Å². The van der Waals surface area contributed by atoms with Crippen molar-refractivity contribution in [2.24, 2.45) is 16.9 Å². The highest BCUT2D eigenvalue weighted by Gasteiger charge is 2.61. The van der Waals surface area contributed by atoms with E-state index in [9.17, 15) is 19.7 Å². The molecule has 2 atom stereocenters. The van der Waals surface area contributed by atoms with Gasteiger partial charge in [0.15, 0.2) is 0 Å². The first-order valence-corrected chi connectivity index (χ1v) is 12.5. The van der Waals surface area contributed by atoms with E-state index in [1.54, 1.807) is 12.1 Å². The molecule has 0 radical (unpaired) electrons. The Morgan fingerprint density at radius 3 is 1.89 bits per heavy atom. The van der Waals surface area contributed by atoms with Crippen LogP contribution in [0.3, 0.4) is 0 Å². The molecule has 2 heterocycles. The van der Waals surface area contributed by atoms with Gasteiger partial charge in [-0.3, -0.25) is 19.7 Å². The highest BCUT2D eigenvalue weighted by atomic mass is 35.5. The first-order valence-electron chi connectivity index (χ1n) is 12.1. The molecule has 2 bridgehead atoms. The number of hydrazone groups is 1. The maximum atomic E-state index is 13.6.